The van der Waals surface area contributed by atoms with Gasteiger partial charge in [0.25, 0.3) is 5.91 Å². The number of benzene rings is 2. The Labute approximate surface area is 201 Å². The lowest BCUT2D eigenvalue weighted by atomic mass is 9.95. The quantitative estimate of drug-likeness (QED) is 0.365. The van der Waals surface area contributed by atoms with Crippen LogP contribution in [0.5, 0.6) is 11.5 Å². The van der Waals surface area contributed by atoms with E-state index in [0.717, 1.165) is 11.3 Å². The molecule has 2 aromatic carbocycles. The van der Waals surface area contributed by atoms with Crippen molar-refractivity contribution in [3.05, 3.63) is 81.5 Å². The molecule has 34 heavy (non-hydrogen) atoms. The van der Waals surface area contributed by atoms with Crippen molar-refractivity contribution in [1.29, 1.82) is 0 Å². The van der Waals surface area contributed by atoms with Crippen LogP contribution >= 0.6 is 22.7 Å². The van der Waals surface area contributed by atoms with Crippen molar-refractivity contribution >= 4 is 49.7 Å². The van der Waals surface area contributed by atoms with Crippen LogP contribution < -0.4 is 14.4 Å². The lowest BCUT2D eigenvalue weighted by Gasteiger charge is -2.25. The molecular weight excluding hydrogens is 479 g/mol. The van der Waals surface area contributed by atoms with Crippen LogP contribution in [-0.2, 0) is 4.79 Å². The number of amides is 1. The van der Waals surface area contributed by atoms with Gasteiger partial charge in [0.1, 0.15) is 5.82 Å². The summed E-state index contributed by atoms with van der Waals surface area (Å²) in [5.74, 6) is -1.44. The Kier molecular flexibility index (Phi) is 5.54. The number of thiophene rings is 1. The van der Waals surface area contributed by atoms with Crippen LogP contribution in [0.2, 0.25) is 0 Å². The van der Waals surface area contributed by atoms with Crippen LogP contribution in [0.4, 0.5) is 9.52 Å². The fourth-order valence-electron chi connectivity index (χ4n) is 3.90. The van der Waals surface area contributed by atoms with E-state index in [9.17, 15) is 19.1 Å². The molecule has 0 saturated heterocycles. The van der Waals surface area contributed by atoms with E-state index >= 15 is 0 Å². The molecule has 172 valence electrons. The predicted molar refractivity (Wildman–Crippen MR) is 128 cm³/mol. The summed E-state index contributed by atoms with van der Waals surface area (Å²) in [6, 6.07) is 11.5. The van der Waals surface area contributed by atoms with Gasteiger partial charge in [0.15, 0.2) is 22.4 Å². The first-order valence-corrected chi connectivity index (χ1v) is 11.8. The summed E-state index contributed by atoms with van der Waals surface area (Å²) in [4.78, 5) is 32.8. The van der Waals surface area contributed by atoms with Gasteiger partial charge in [0, 0.05) is 0 Å². The molecular formula is C24H17FN2O5S2. The van der Waals surface area contributed by atoms with Gasteiger partial charge in [-0.3, -0.25) is 14.5 Å². The van der Waals surface area contributed by atoms with Gasteiger partial charge in [-0.25, -0.2) is 9.37 Å². The number of ketones is 1. The molecule has 2 aromatic heterocycles. The largest absolute Gasteiger partial charge is 0.503 e. The van der Waals surface area contributed by atoms with Gasteiger partial charge in [-0.2, -0.15) is 0 Å². The third kappa shape index (κ3) is 3.51. The molecule has 0 saturated carbocycles. The number of fused-ring (bicyclic) bond motifs is 1. The molecule has 5 rings (SSSR count). The molecule has 0 unspecified atom stereocenters. The molecule has 0 spiro atoms. The summed E-state index contributed by atoms with van der Waals surface area (Å²) >= 11 is 2.30. The molecule has 0 aliphatic carbocycles. The Morgan fingerprint density at radius 1 is 1.12 bits per heavy atom. The highest BCUT2D eigenvalue weighted by atomic mass is 32.1. The number of anilines is 1. The third-order valence-corrected chi connectivity index (χ3v) is 7.35. The summed E-state index contributed by atoms with van der Waals surface area (Å²) < 4.78 is 25.0. The minimum Gasteiger partial charge on any atom is -0.503 e. The van der Waals surface area contributed by atoms with E-state index in [0.29, 0.717) is 32.2 Å². The van der Waals surface area contributed by atoms with Crippen molar-refractivity contribution in [2.45, 2.75) is 6.04 Å². The number of halogens is 1. The summed E-state index contributed by atoms with van der Waals surface area (Å²) in [6.07, 6.45) is 0. The molecule has 1 amide bonds. The first kappa shape index (κ1) is 22.1. The molecule has 4 aromatic rings. The van der Waals surface area contributed by atoms with Crippen molar-refractivity contribution in [3.63, 3.8) is 0 Å². The minimum absolute atomic E-state index is 0.0647. The smallest absolute Gasteiger partial charge is 0.296 e. The zero-order valence-electron chi connectivity index (χ0n) is 17.9. The normalized spacial score (nSPS) is 15.9. The monoisotopic (exact) mass is 496 g/mol. The summed E-state index contributed by atoms with van der Waals surface area (Å²) in [6.45, 7) is 0. The predicted octanol–water partition coefficient (Wildman–Crippen LogP) is 5.30. The number of thiazole rings is 1. The van der Waals surface area contributed by atoms with Crippen LogP contribution in [0.1, 0.15) is 21.3 Å². The van der Waals surface area contributed by atoms with Gasteiger partial charge < -0.3 is 14.6 Å². The second-order valence-corrected chi connectivity index (χ2v) is 9.33. The van der Waals surface area contributed by atoms with Crippen molar-refractivity contribution in [2.75, 3.05) is 19.1 Å². The van der Waals surface area contributed by atoms with E-state index < -0.39 is 29.3 Å². The van der Waals surface area contributed by atoms with Gasteiger partial charge in [0.05, 0.1) is 40.9 Å². The highest BCUT2D eigenvalue weighted by Crippen LogP contribution is 2.46. The highest BCUT2D eigenvalue weighted by Gasteiger charge is 2.46. The van der Waals surface area contributed by atoms with Crippen molar-refractivity contribution in [3.8, 4) is 11.5 Å². The maximum atomic E-state index is 13.8. The van der Waals surface area contributed by atoms with Crippen LogP contribution in [0.25, 0.3) is 10.2 Å². The van der Waals surface area contributed by atoms with E-state index in [1.54, 1.807) is 35.7 Å². The molecule has 1 aliphatic heterocycles. The van der Waals surface area contributed by atoms with Crippen LogP contribution in [0.15, 0.2) is 65.2 Å². The van der Waals surface area contributed by atoms with Gasteiger partial charge >= 0.3 is 0 Å². The molecule has 10 heteroatoms. The Bertz CT molecular complexity index is 1460. The number of methoxy groups -OCH3 is 2. The number of hydrogen-bond donors (Lipinski definition) is 1. The molecule has 3 heterocycles. The number of aliphatic hydroxyl groups excluding tert-OH is 1. The van der Waals surface area contributed by atoms with E-state index in [4.69, 9.17) is 9.47 Å². The zero-order valence-corrected chi connectivity index (χ0v) is 19.6. The lowest BCUT2D eigenvalue weighted by molar-refractivity contribution is -0.117. The fourth-order valence-corrected chi connectivity index (χ4v) is 5.60. The third-order valence-electron chi connectivity index (χ3n) is 5.47. The van der Waals surface area contributed by atoms with Crippen LogP contribution in [0.3, 0.4) is 0 Å². The molecule has 1 aliphatic rings. The number of hydrogen-bond acceptors (Lipinski definition) is 8. The first-order valence-electron chi connectivity index (χ1n) is 10.1. The number of carbonyl (C=O) groups is 2. The number of carbonyl (C=O) groups excluding carboxylic acids is 2. The molecule has 0 bridgehead atoms. The molecule has 0 fully saturated rings. The van der Waals surface area contributed by atoms with Gasteiger partial charge in [-0.15, -0.1) is 11.3 Å². The van der Waals surface area contributed by atoms with Crippen molar-refractivity contribution < 1.29 is 28.6 Å². The number of nitrogens with zero attached hydrogens (tertiary/aromatic N) is 2. The first-order chi connectivity index (χ1) is 16.4. The van der Waals surface area contributed by atoms with E-state index in [-0.39, 0.29) is 10.7 Å². The standard InChI is InChI=1S/C24H17FN2O5S2/c1-31-15-8-5-12(10-16(15)32-2)20-19(21(28)17-4-3-9-33-17)22(29)23(30)27(20)24-26-14-7-6-13(25)11-18(14)34-24/h3-11,20,29H,1-2H3/t20-/m0/s1. The van der Waals surface area contributed by atoms with Crippen molar-refractivity contribution in [2.24, 2.45) is 0 Å². The van der Waals surface area contributed by atoms with E-state index in [2.05, 4.69) is 4.98 Å². The SMILES string of the molecule is COc1ccc([C@H]2C(C(=O)c3cccs3)=C(O)C(=O)N2c2nc3ccc(F)cc3s2)cc1OC. The van der Waals surface area contributed by atoms with E-state index in [1.165, 1.54) is 48.7 Å². The average molecular weight is 497 g/mol. The molecule has 7 nitrogen and oxygen atoms in total. The molecule has 1 atom stereocenters. The van der Waals surface area contributed by atoms with E-state index in [1.807, 2.05) is 0 Å². The van der Waals surface area contributed by atoms with Gasteiger partial charge in [-0.05, 0) is 47.3 Å². The topological polar surface area (TPSA) is 89.0 Å². The molecule has 1 N–H and O–H groups in total. The Morgan fingerprint density at radius 2 is 1.91 bits per heavy atom. The molecule has 0 radical (unpaired) electrons. The number of Topliss-reactive ketones (excluding diaryl/α,β-unsaturated/α-hetero) is 1. The zero-order chi connectivity index (χ0) is 24.0. The Hall–Kier alpha value is -3.76. The summed E-state index contributed by atoms with van der Waals surface area (Å²) in [7, 11) is 2.98. The number of aromatic nitrogens is 1. The Morgan fingerprint density at radius 3 is 2.62 bits per heavy atom. The summed E-state index contributed by atoms with van der Waals surface area (Å²) in [5, 5.41) is 12.8. The maximum absolute atomic E-state index is 13.8. The highest BCUT2D eigenvalue weighted by molar-refractivity contribution is 7.22. The number of rotatable bonds is 6. The number of ether oxygens (including phenoxy) is 2. The second-order valence-electron chi connectivity index (χ2n) is 7.37. The van der Waals surface area contributed by atoms with Gasteiger partial charge in [-0.1, -0.05) is 23.5 Å². The maximum Gasteiger partial charge on any atom is 0.296 e. The van der Waals surface area contributed by atoms with Crippen LogP contribution in [-0.4, -0.2) is 36.0 Å². The van der Waals surface area contributed by atoms with Crippen molar-refractivity contribution in [1.82, 2.24) is 4.98 Å². The number of aliphatic hydroxyl groups is 1. The van der Waals surface area contributed by atoms with Gasteiger partial charge in [0.2, 0.25) is 5.78 Å². The minimum atomic E-state index is -0.979. The fraction of sp³-hybridized carbons (Fsp3) is 0.125. The Balaban J connectivity index is 1.70. The summed E-state index contributed by atoms with van der Waals surface area (Å²) in [5.41, 5.74) is 0.947. The average Bonchev–Trinajstić information content (AvgIpc) is 3.57. The lowest BCUT2D eigenvalue weighted by Crippen LogP contribution is -2.31. The second kappa shape index (κ2) is 8.54. The van der Waals surface area contributed by atoms with Crippen LogP contribution in [0, 0.1) is 5.82 Å².